The molecule has 0 saturated heterocycles. The number of hydrogen-bond acceptors (Lipinski definition) is 4. The summed E-state index contributed by atoms with van der Waals surface area (Å²) in [6.45, 7) is 9.37. The summed E-state index contributed by atoms with van der Waals surface area (Å²) in [7, 11) is -3.51. The highest BCUT2D eigenvalue weighted by Crippen LogP contribution is 2.20. The van der Waals surface area contributed by atoms with Crippen LogP contribution in [0.3, 0.4) is 0 Å². The zero-order valence-corrected chi connectivity index (χ0v) is 16.4. The van der Waals surface area contributed by atoms with E-state index in [9.17, 15) is 13.5 Å². The predicted octanol–water partition coefficient (Wildman–Crippen LogP) is 3.00. The van der Waals surface area contributed by atoms with Crippen LogP contribution in [-0.2, 0) is 10.0 Å². The van der Waals surface area contributed by atoms with Crippen LogP contribution in [0.15, 0.2) is 29.2 Å². The highest BCUT2D eigenvalue weighted by atomic mass is 35.5. The summed E-state index contributed by atoms with van der Waals surface area (Å²) in [5.74, 6) is 0.673. The molecule has 0 saturated carbocycles. The molecule has 0 aliphatic rings. The van der Waals surface area contributed by atoms with Crippen molar-refractivity contribution in [3.05, 3.63) is 24.3 Å². The van der Waals surface area contributed by atoms with Gasteiger partial charge >= 0.3 is 0 Å². The molecule has 0 bridgehead atoms. The lowest BCUT2D eigenvalue weighted by Crippen LogP contribution is -2.37. The van der Waals surface area contributed by atoms with E-state index in [1.54, 1.807) is 28.6 Å². The molecule has 0 radical (unpaired) electrons. The van der Waals surface area contributed by atoms with Gasteiger partial charge in [0.05, 0.1) is 16.9 Å². The molecule has 1 atom stereocenters. The van der Waals surface area contributed by atoms with Crippen LogP contribution in [0.1, 0.15) is 27.7 Å². The van der Waals surface area contributed by atoms with E-state index >= 15 is 0 Å². The van der Waals surface area contributed by atoms with Crippen molar-refractivity contribution in [2.45, 2.75) is 38.7 Å². The Morgan fingerprint density at radius 1 is 1.08 bits per heavy atom. The number of anilines is 1. The number of benzene rings is 1. The van der Waals surface area contributed by atoms with Crippen LogP contribution >= 0.6 is 11.6 Å². The Morgan fingerprint density at radius 3 is 2.00 bits per heavy atom. The van der Waals surface area contributed by atoms with Crippen LogP contribution in [0.5, 0.6) is 0 Å². The van der Waals surface area contributed by atoms with Gasteiger partial charge in [0, 0.05) is 25.3 Å². The number of aliphatic hydroxyl groups is 1. The van der Waals surface area contributed by atoms with Crippen LogP contribution in [0.2, 0.25) is 0 Å². The number of nitrogens with one attached hydrogen (secondary N) is 1. The van der Waals surface area contributed by atoms with Gasteiger partial charge in [0.25, 0.3) is 0 Å². The third kappa shape index (κ3) is 6.59. The largest absolute Gasteiger partial charge is 0.390 e. The molecule has 0 fully saturated rings. The maximum Gasteiger partial charge on any atom is 0.243 e. The maximum atomic E-state index is 12.9. The SMILES string of the molecule is CC(C)CN(CC(C)C)S(=O)(=O)c1ccc(NCC(O)CCl)cc1. The number of alkyl halides is 1. The molecule has 24 heavy (non-hydrogen) atoms. The minimum atomic E-state index is -3.51. The molecule has 0 aliphatic carbocycles. The Bertz CT molecular complexity index is 578. The number of halogens is 1. The molecule has 1 unspecified atom stereocenters. The average molecular weight is 377 g/mol. The Balaban J connectivity index is 2.91. The van der Waals surface area contributed by atoms with Crippen LogP contribution in [-0.4, -0.2) is 49.4 Å². The summed E-state index contributed by atoms with van der Waals surface area (Å²) in [6, 6.07) is 6.60. The number of hydrogen-bond donors (Lipinski definition) is 2. The van der Waals surface area contributed by atoms with E-state index in [2.05, 4.69) is 5.32 Å². The van der Waals surface area contributed by atoms with E-state index in [0.29, 0.717) is 19.6 Å². The molecule has 0 amide bonds. The molecule has 0 spiro atoms. The van der Waals surface area contributed by atoms with Gasteiger partial charge in [0.2, 0.25) is 10.0 Å². The Hall–Kier alpha value is -0.820. The molecular weight excluding hydrogens is 348 g/mol. The van der Waals surface area contributed by atoms with Crippen LogP contribution in [0.25, 0.3) is 0 Å². The quantitative estimate of drug-likeness (QED) is 0.616. The molecule has 0 aliphatic heterocycles. The van der Waals surface area contributed by atoms with Crippen molar-refractivity contribution in [2.75, 3.05) is 30.8 Å². The van der Waals surface area contributed by atoms with Gasteiger partial charge in [-0.15, -0.1) is 11.6 Å². The van der Waals surface area contributed by atoms with E-state index in [0.717, 1.165) is 5.69 Å². The normalized spacial score (nSPS) is 13.7. The second-order valence-corrected chi connectivity index (χ2v) is 9.07. The first-order valence-electron chi connectivity index (χ1n) is 8.25. The standard InChI is InChI=1S/C17H29ClN2O3S/c1-13(2)11-20(12-14(3)4)24(22,23)17-7-5-15(6-8-17)19-10-16(21)9-18/h5-8,13-14,16,19,21H,9-12H2,1-4H3. The van der Waals surface area contributed by atoms with Crippen molar-refractivity contribution >= 4 is 27.3 Å². The van der Waals surface area contributed by atoms with Gasteiger partial charge in [-0.1, -0.05) is 27.7 Å². The second kappa shape index (κ2) is 9.61. The first kappa shape index (κ1) is 21.2. The van der Waals surface area contributed by atoms with Gasteiger partial charge in [0.15, 0.2) is 0 Å². The molecular formula is C17H29ClN2O3S. The second-order valence-electron chi connectivity index (χ2n) is 6.82. The third-order valence-electron chi connectivity index (χ3n) is 3.35. The fraction of sp³-hybridized carbons (Fsp3) is 0.647. The van der Waals surface area contributed by atoms with E-state index in [1.165, 1.54) is 0 Å². The fourth-order valence-corrected chi connectivity index (χ4v) is 4.15. The van der Waals surface area contributed by atoms with Crippen molar-refractivity contribution in [2.24, 2.45) is 11.8 Å². The predicted molar refractivity (Wildman–Crippen MR) is 100 cm³/mol. The maximum absolute atomic E-state index is 12.9. The average Bonchev–Trinajstić information content (AvgIpc) is 2.51. The van der Waals surface area contributed by atoms with Crippen LogP contribution < -0.4 is 5.32 Å². The molecule has 2 N–H and O–H groups in total. The molecule has 1 aromatic carbocycles. The lowest BCUT2D eigenvalue weighted by atomic mass is 10.2. The lowest BCUT2D eigenvalue weighted by molar-refractivity contribution is 0.211. The zero-order valence-electron chi connectivity index (χ0n) is 14.9. The minimum absolute atomic E-state index is 0.152. The van der Waals surface area contributed by atoms with Crippen LogP contribution in [0, 0.1) is 11.8 Å². The fourth-order valence-electron chi connectivity index (χ4n) is 2.27. The molecule has 1 aromatic rings. The van der Waals surface area contributed by atoms with Crippen molar-refractivity contribution < 1.29 is 13.5 Å². The van der Waals surface area contributed by atoms with Gasteiger partial charge < -0.3 is 10.4 Å². The first-order chi connectivity index (χ1) is 11.2. The monoisotopic (exact) mass is 376 g/mol. The lowest BCUT2D eigenvalue weighted by Gasteiger charge is -2.25. The minimum Gasteiger partial charge on any atom is -0.390 e. The highest BCUT2D eigenvalue weighted by molar-refractivity contribution is 7.89. The van der Waals surface area contributed by atoms with Crippen molar-refractivity contribution in [3.63, 3.8) is 0 Å². The van der Waals surface area contributed by atoms with Gasteiger partial charge in [-0.2, -0.15) is 4.31 Å². The molecule has 7 heteroatoms. The highest BCUT2D eigenvalue weighted by Gasteiger charge is 2.25. The summed E-state index contributed by atoms with van der Waals surface area (Å²) >= 11 is 5.55. The summed E-state index contributed by atoms with van der Waals surface area (Å²) in [6.07, 6.45) is -0.636. The van der Waals surface area contributed by atoms with E-state index < -0.39 is 16.1 Å². The Morgan fingerprint density at radius 2 is 1.58 bits per heavy atom. The van der Waals surface area contributed by atoms with Gasteiger partial charge in [-0.25, -0.2) is 8.42 Å². The van der Waals surface area contributed by atoms with Crippen molar-refractivity contribution in [3.8, 4) is 0 Å². The summed E-state index contributed by atoms with van der Waals surface area (Å²) in [5, 5.41) is 12.5. The molecule has 5 nitrogen and oxygen atoms in total. The van der Waals surface area contributed by atoms with Crippen molar-refractivity contribution in [1.29, 1.82) is 0 Å². The topological polar surface area (TPSA) is 69.6 Å². The Labute approximate surface area is 151 Å². The third-order valence-corrected chi connectivity index (χ3v) is 5.55. The van der Waals surface area contributed by atoms with Gasteiger partial charge in [-0.05, 0) is 36.1 Å². The summed E-state index contributed by atoms with van der Waals surface area (Å²) in [5.41, 5.74) is 0.748. The molecule has 138 valence electrons. The number of aliphatic hydroxyl groups excluding tert-OH is 1. The Kier molecular flexibility index (Phi) is 8.50. The first-order valence-corrected chi connectivity index (χ1v) is 10.2. The molecule has 0 heterocycles. The summed E-state index contributed by atoms with van der Waals surface area (Å²) < 4.78 is 27.3. The number of sulfonamides is 1. The zero-order chi connectivity index (χ0) is 18.3. The molecule has 0 aromatic heterocycles. The summed E-state index contributed by atoms with van der Waals surface area (Å²) in [4.78, 5) is 0.284. The molecule has 1 rings (SSSR count). The van der Waals surface area contributed by atoms with Gasteiger partial charge in [0.1, 0.15) is 0 Å². The van der Waals surface area contributed by atoms with Gasteiger partial charge in [-0.3, -0.25) is 0 Å². The van der Waals surface area contributed by atoms with E-state index in [4.69, 9.17) is 11.6 Å². The smallest absolute Gasteiger partial charge is 0.243 e. The van der Waals surface area contributed by atoms with Crippen LogP contribution in [0.4, 0.5) is 5.69 Å². The number of rotatable bonds is 10. The van der Waals surface area contributed by atoms with Crippen molar-refractivity contribution in [1.82, 2.24) is 4.31 Å². The number of nitrogens with zero attached hydrogens (tertiary/aromatic N) is 1. The van der Waals surface area contributed by atoms with E-state index in [-0.39, 0.29) is 22.6 Å². The van der Waals surface area contributed by atoms with E-state index in [1.807, 2.05) is 27.7 Å².